The highest BCUT2D eigenvalue weighted by molar-refractivity contribution is 5.96. The van der Waals surface area contributed by atoms with Crippen molar-refractivity contribution in [3.8, 4) is 5.75 Å². The number of carbonyl (C=O) groups is 1. The lowest BCUT2D eigenvalue weighted by molar-refractivity contribution is -0.163. The summed E-state index contributed by atoms with van der Waals surface area (Å²) in [6.07, 6.45) is -1.74. The van der Waals surface area contributed by atoms with Crippen LogP contribution in [0.25, 0.3) is 0 Å². The van der Waals surface area contributed by atoms with Crippen molar-refractivity contribution >= 4 is 11.6 Å². The van der Waals surface area contributed by atoms with Crippen molar-refractivity contribution in [1.82, 2.24) is 10.3 Å². The second kappa shape index (κ2) is 5.93. The summed E-state index contributed by atoms with van der Waals surface area (Å²) in [7, 11) is 0. The van der Waals surface area contributed by atoms with Gasteiger partial charge < -0.3 is 15.0 Å². The van der Waals surface area contributed by atoms with Gasteiger partial charge in [0.2, 0.25) is 0 Å². The number of alkyl halides is 5. The quantitative estimate of drug-likeness (QED) is 0.757. The number of aromatic nitrogens is 1. The number of pyridine rings is 1. The van der Waals surface area contributed by atoms with Crippen LogP contribution in [-0.4, -0.2) is 48.2 Å². The van der Waals surface area contributed by atoms with E-state index in [1.54, 1.807) is 0 Å². The van der Waals surface area contributed by atoms with Gasteiger partial charge >= 0.3 is 6.18 Å². The number of ether oxygens (including phenoxy) is 1. The molecule has 0 unspecified atom stereocenters. The van der Waals surface area contributed by atoms with Crippen molar-refractivity contribution in [3.05, 3.63) is 18.0 Å². The van der Waals surface area contributed by atoms with Crippen LogP contribution in [-0.2, 0) is 0 Å². The molecule has 148 valence electrons. The number of nitrogens with one attached hydrogen (secondary N) is 1. The third-order valence-electron chi connectivity index (χ3n) is 5.08. The Morgan fingerprint density at radius 2 is 1.96 bits per heavy atom. The summed E-state index contributed by atoms with van der Waals surface area (Å²) in [6, 6.07) is 1.40. The van der Waals surface area contributed by atoms with Gasteiger partial charge in [0.05, 0.1) is 31.6 Å². The molecule has 0 bridgehead atoms. The smallest absolute Gasteiger partial charge is 0.411 e. The average molecular weight is 391 g/mol. The van der Waals surface area contributed by atoms with E-state index in [0.29, 0.717) is 18.2 Å². The van der Waals surface area contributed by atoms with Crippen LogP contribution in [0.5, 0.6) is 5.75 Å². The van der Waals surface area contributed by atoms with Crippen LogP contribution in [0.15, 0.2) is 12.3 Å². The number of nitrogens with zero attached hydrogens (tertiary/aromatic N) is 2. The molecule has 1 saturated heterocycles. The molecule has 3 aliphatic rings. The predicted molar refractivity (Wildman–Crippen MR) is 85.1 cm³/mol. The van der Waals surface area contributed by atoms with Crippen molar-refractivity contribution in [2.75, 3.05) is 24.6 Å². The highest BCUT2D eigenvalue weighted by atomic mass is 19.4. The van der Waals surface area contributed by atoms with Gasteiger partial charge in [-0.15, -0.1) is 0 Å². The fraction of sp³-hybridized carbons (Fsp3) is 0.647. The van der Waals surface area contributed by atoms with Gasteiger partial charge in [0.25, 0.3) is 11.8 Å². The van der Waals surface area contributed by atoms with Gasteiger partial charge in [-0.2, -0.15) is 13.2 Å². The van der Waals surface area contributed by atoms with Crippen LogP contribution in [0, 0.1) is 5.92 Å². The summed E-state index contributed by atoms with van der Waals surface area (Å²) in [5.74, 6) is -3.40. The van der Waals surface area contributed by atoms with Gasteiger partial charge in [-0.3, -0.25) is 4.79 Å². The summed E-state index contributed by atoms with van der Waals surface area (Å²) in [6.45, 7) is -0.634. The Balaban J connectivity index is 1.54. The van der Waals surface area contributed by atoms with E-state index in [1.807, 2.05) is 5.32 Å². The molecular formula is C17H18F5N3O2. The number of amides is 1. The van der Waals surface area contributed by atoms with Crippen molar-refractivity contribution in [3.63, 3.8) is 0 Å². The zero-order valence-corrected chi connectivity index (χ0v) is 14.3. The lowest BCUT2D eigenvalue weighted by Gasteiger charge is -2.40. The third kappa shape index (κ3) is 3.66. The number of carbonyl (C=O) groups excluding carboxylic acids is 1. The van der Waals surface area contributed by atoms with Gasteiger partial charge in [-0.1, -0.05) is 0 Å². The molecule has 5 nitrogen and oxygen atoms in total. The first kappa shape index (κ1) is 18.2. The number of hydrogen-bond acceptors (Lipinski definition) is 4. The molecule has 0 radical (unpaired) electrons. The first-order valence-electron chi connectivity index (χ1n) is 8.73. The van der Waals surface area contributed by atoms with Crippen LogP contribution in [0.4, 0.5) is 27.6 Å². The van der Waals surface area contributed by atoms with E-state index in [4.69, 9.17) is 4.74 Å². The van der Waals surface area contributed by atoms with Crippen molar-refractivity contribution < 1.29 is 31.5 Å². The highest BCUT2D eigenvalue weighted by Crippen LogP contribution is 2.49. The second-order valence-corrected chi connectivity index (χ2v) is 7.54. The Morgan fingerprint density at radius 1 is 1.30 bits per heavy atom. The molecule has 1 aromatic rings. The number of hydrogen-bond donors (Lipinski definition) is 1. The molecule has 0 aromatic carbocycles. The molecule has 1 aromatic heterocycles. The maximum absolute atomic E-state index is 13.1. The number of rotatable bonds is 6. The van der Waals surface area contributed by atoms with Crippen LogP contribution in [0.3, 0.4) is 0 Å². The van der Waals surface area contributed by atoms with Crippen LogP contribution in [0.1, 0.15) is 36.2 Å². The topological polar surface area (TPSA) is 54.5 Å². The van der Waals surface area contributed by atoms with Gasteiger partial charge in [-0.05, 0) is 31.6 Å². The average Bonchev–Trinajstić information content (AvgIpc) is 3.44. The van der Waals surface area contributed by atoms with E-state index < -0.39 is 36.6 Å². The molecule has 2 heterocycles. The summed E-state index contributed by atoms with van der Waals surface area (Å²) in [4.78, 5) is 17.7. The molecule has 0 spiro atoms. The molecule has 10 heteroatoms. The first-order valence-corrected chi connectivity index (χ1v) is 8.73. The monoisotopic (exact) mass is 391 g/mol. The first-order chi connectivity index (χ1) is 12.6. The van der Waals surface area contributed by atoms with E-state index in [0.717, 1.165) is 12.8 Å². The summed E-state index contributed by atoms with van der Waals surface area (Å²) in [5.41, 5.74) is -2.12. The van der Waals surface area contributed by atoms with E-state index in [2.05, 4.69) is 4.98 Å². The molecule has 0 atom stereocenters. The molecular weight excluding hydrogens is 373 g/mol. The SMILES string of the molecule is O=C(NC1(C(F)(F)F)CC1)c1ncc(N2CC(F)(F)C2)cc1OCC1CC1. The largest absolute Gasteiger partial charge is 0.491 e. The molecule has 4 rings (SSSR count). The zero-order valence-electron chi connectivity index (χ0n) is 14.3. The van der Waals surface area contributed by atoms with Crippen LogP contribution >= 0.6 is 0 Å². The standard InChI is InChI=1S/C17H18F5N3O2/c18-16(19)8-25(9-16)11-5-12(27-7-10-1-2-10)13(23-6-11)14(26)24-15(3-4-15)17(20,21)22/h5-6,10H,1-4,7-9H2,(H,24,26). The minimum atomic E-state index is -4.54. The third-order valence-corrected chi connectivity index (χ3v) is 5.08. The molecule has 1 aliphatic heterocycles. The maximum Gasteiger partial charge on any atom is 0.411 e. The van der Waals surface area contributed by atoms with Crippen LogP contribution in [0.2, 0.25) is 0 Å². The van der Waals surface area contributed by atoms with E-state index in [1.165, 1.54) is 17.2 Å². The maximum atomic E-state index is 13.1. The lowest BCUT2D eigenvalue weighted by Crippen LogP contribution is -2.56. The van der Waals surface area contributed by atoms with Gasteiger partial charge in [0, 0.05) is 6.07 Å². The van der Waals surface area contributed by atoms with Crippen LogP contribution < -0.4 is 15.0 Å². The second-order valence-electron chi connectivity index (χ2n) is 7.54. The highest BCUT2D eigenvalue weighted by Gasteiger charge is 2.64. The fourth-order valence-corrected chi connectivity index (χ4v) is 2.96. The Morgan fingerprint density at radius 3 is 2.48 bits per heavy atom. The minimum Gasteiger partial charge on any atom is -0.491 e. The summed E-state index contributed by atoms with van der Waals surface area (Å²) in [5, 5.41) is 2.02. The summed E-state index contributed by atoms with van der Waals surface area (Å²) < 4.78 is 71.0. The van der Waals surface area contributed by atoms with Gasteiger partial charge in [0.1, 0.15) is 5.54 Å². The fourth-order valence-electron chi connectivity index (χ4n) is 2.96. The van der Waals surface area contributed by atoms with E-state index >= 15 is 0 Å². The molecule has 1 N–H and O–H groups in total. The Bertz CT molecular complexity index is 751. The molecule has 2 aliphatic carbocycles. The van der Waals surface area contributed by atoms with E-state index in [-0.39, 0.29) is 24.3 Å². The Labute approximate surface area is 151 Å². The Kier molecular flexibility index (Phi) is 4.01. The normalized spacial score (nSPS) is 22.8. The molecule has 2 saturated carbocycles. The molecule has 3 fully saturated rings. The van der Waals surface area contributed by atoms with Gasteiger partial charge in [-0.25, -0.2) is 13.8 Å². The van der Waals surface area contributed by atoms with Crippen molar-refractivity contribution in [2.45, 2.75) is 43.3 Å². The lowest BCUT2D eigenvalue weighted by atomic mass is 10.1. The van der Waals surface area contributed by atoms with Gasteiger partial charge in [0.15, 0.2) is 11.4 Å². The number of halogens is 5. The van der Waals surface area contributed by atoms with Crippen molar-refractivity contribution in [1.29, 1.82) is 0 Å². The molecule has 27 heavy (non-hydrogen) atoms. The minimum absolute atomic E-state index is 0.0186. The summed E-state index contributed by atoms with van der Waals surface area (Å²) >= 11 is 0. The van der Waals surface area contributed by atoms with E-state index in [9.17, 15) is 26.7 Å². The zero-order chi connectivity index (χ0) is 19.4. The predicted octanol–water partition coefficient (Wildman–Crippen LogP) is 3.15. The Hall–Kier alpha value is -2.13. The van der Waals surface area contributed by atoms with Crippen molar-refractivity contribution in [2.24, 2.45) is 5.92 Å². The molecule has 1 amide bonds. The number of anilines is 1.